The van der Waals surface area contributed by atoms with Crippen LogP contribution in [-0.2, 0) is 19.1 Å². The first-order valence-corrected chi connectivity index (χ1v) is 7.19. The fourth-order valence-electron chi connectivity index (χ4n) is 2.07. The number of methoxy groups -OCH3 is 1. The van der Waals surface area contributed by atoms with Gasteiger partial charge in [-0.1, -0.05) is 17.7 Å². The van der Waals surface area contributed by atoms with Crippen molar-refractivity contribution in [2.45, 2.75) is 26.4 Å². The van der Waals surface area contributed by atoms with Crippen LogP contribution in [0.5, 0.6) is 0 Å². The van der Waals surface area contributed by atoms with Crippen molar-refractivity contribution >= 4 is 40.8 Å². The summed E-state index contributed by atoms with van der Waals surface area (Å²) in [5.41, 5.74) is -0.0396. The number of halogens is 1. The van der Waals surface area contributed by atoms with Gasteiger partial charge in [-0.3, -0.25) is 4.79 Å². The lowest BCUT2D eigenvalue weighted by molar-refractivity contribution is -0.135. The van der Waals surface area contributed by atoms with Crippen LogP contribution >= 0.6 is 11.6 Å². The number of ether oxygens (including phenoxy) is 2. The minimum absolute atomic E-state index is 0.0503. The van der Waals surface area contributed by atoms with E-state index in [0.29, 0.717) is 10.6 Å². The molecule has 0 fully saturated rings. The third kappa shape index (κ3) is 3.53. The van der Waals surface area contributed by atoms with Gasteiger partial charge < -0.3 is 9.47 Å². The largest absolute Gasteiger partial charge is 0.466 e. The summed E-state index contributed by atoms with van der Waals surface area (Å²) in [6, 6.07) is 4.60. The highest BCUT2D eigenvalue weighted by atomic mass is 35.5. The van der Waals surface area contributed by atoms with Crippen molar-refractivity contribution < 1.29 is 23.9 Å². The lowest BCUT2D eigenvalue weighted by atomic mass is 10.1. The van der Waals surface area contributed by atoms with E-state index in [1.807, 2.05) is 0 Å². The molecule has 6 nitrogen and oxygen atoms in total. The van der Waals surface area contributed by atoms with Crippen LogP contribution in [0.2, 0.25) is 5.02 Å². The van der Waals surface area contributed by atoms with Gasteiger partial charge in [0.2, 0.25) is 0 Å². The van der Waals surface area contributed by atoms with Crippen molar-refractivity contribution in [3.05, 3.63) is 34.9 Å². The SMILES string of the molecule is COC(=O)/C=C1/C(=O)N(C(=O)OC(C)(C)C)c2cc(Cl)ccc21. The Balaban J connectivity index is 2.52. The van der Waals surface area contributed by atoms with Gasteiger partial charge in [0, 0.05) is 16.7 Å². The number of esters is 1. The Kier molecular flexibility index (Phi) is 4.47. The summed E-state index contributed by atoms with van der Waals surface area (Å²) in [6.07, 6.45) is 0.207. The van der Waals surface area contributed by atoms with Gasteiger partial charge in [-0.15, -0.1) is 0 Å². The van der Waals surface area contributed by atoms with Gasteiger partial charge in [0.05, 0.1) is 18.4 Å². The van der Waals surface area contributed by atoms with Crippen molar-refractivity contribution in [3.63, 3.8) is 0 Å². The molecule has 1 aromatic rings. The molecule has 1 aliphatic rings. The fraction of sp³-hybridized carbons (Fsp3) is 0.312. The lowest BCUT2D eigenvalue weighted by Crippen LogP contribution is -2.38. The molecule has 0 N–H and O–H groups in total. The van der Waals surface area contributed by atoms with Crippen LogP contribution < -0.4 is 4.90 Å². The molecule has 1 heterocycles. The average Bonchev–Trinajstić information content (AvgIpc) is 2.68. The number of amides is 2. The molecule has 0 aliphatic carbocycles. The van der Waals surface area contributed by atoms with Gasteiger partial charge in [-0.2, -0.15) is 0 Å². The summed E-state index contributed by atoms with van der Waals surface area (Å²) in [4.78, 5) is 37.2. The molecule has 1 aliphatic heterocycles. The smallest absolute Gasteiger partial charge is 0.422 e. The number of rotatable bonds is 1. The Morgan fingerprint density at radius 2 is 1.91 bits per heavy atom. The summed E-state index contributed by atoms with van der Waals surface area (Å²) in [5.74, 6) is -1.36. The van der Waals surface area contributed by atoms with E-state index in [0.717, 1.165) is 11.0 Å². The maximum Gasteiger partial charge on any atom is 0.422 e. The van der Waals surface area contributed by atoms with Crippen molar-refractivity contribution in [2.24, 2.45) is 0 Å². The molecule has 1 aromatic carbocycles. The van der Waals surface area contributed by atoms with E-state index in [9.17, 15) is 14.4 Å². The maximum absolute atomic E-state index is 12.6. The molecule has 2 rings (SSSR count). The molecular weight excluding hydrogens is 322 g/mol. The first-order valence-electron chi connectivity index (χ1n) is 6.81. The molecule has 0 saturated carbocycles. The number of imide groups is 1. The second kappa shape index (κ2) is 6.04. The number of carbonyl (C=O) groups is 3. The van der Waals surface area contributed by atoms with Crippen LogP contribution in [0.3, 0.4) is 0 Å². The third-order valence-corrected chi connectivity index (χ3v) is 3.20. The van der Waals surface area contributed by atoms with Crippen LogP contribution in [0.15, 0.2) is 24.3 Å². The fourth-order valence-corrected chi connectivity index (χ4v) is 2.23. The van der Waals surface area contributed by atoms with Gasteiger partial charge >= 0.3 is 12.1 Å². The molecule has 0 spiro atoms. The second-order valence-corrected chi connectivity index (χ2v) is 6.30. The van der Waals surface area contributed by atoms with Crippen molar-refractivity contribution in [1.29, 1.82) is 0 Å². The number of hydrogen-bond acceptors (Lipinski definition) is 5. The highest BCUT2D eigenvalue weighted by Crippen LogP contribution is 2.39. The first-order chi connectivity index (χ1) is 10.6. The number of carbonyl (C=O) groups excluding carboxylic acids is 3. The van der Waals surface area contributed by atoms with Crippen LogP contribution in [0.4, 0.5) is 10.5 Å². The Hall–Kier alpha value is -2.34. The van der Waals surface area contributed by atoms with Crippen LogP contribution in [0.1, 0.15) is 26.3 Å². The number of hydrogen-bond donors (Lipinski definition) is 0. The molecule has 0 radical (unpaired) electrons. The lowest BCUT2D eigenvalue weighted by Gasteiger charge is -2.23. The van der Waals surface area contributed by atoms with Crippen molar-refractivity contribution in [1.82, 2.24) is 0 Å². The zero-order valence-corrected chi connectivity index (χ0v) is 13.9. The molecule has 0 atom stereocenters. The molecule has 0 saturated heterocycles. The first kappa shape index (κ1) is 17.0. The summed E-state index contributed by atoms with van der Waals surface area (Å²) in [6.45, 7) is 5.07. The minimum Gasteiger partial charge on any atom is -0.466 e. The predicted octanol–water partition coefficient (Wildman–Crippen LogP) is 3.18. The zero-order chi connectivity index (χ0) is 17.4. The van der Waals surface area contributed by atoms with E-state index in [2.05, 4.69) is 4.74 Å². The molecule has 0 unspecified atom stereocenters. The van der Waals surface area contributed by atoms with Crippen molar-refractivity contribution in [2.75, 3.05) is 12.0 Å². The molecule has 0 aromatic heterocycles. The predicted molar refractivity (Wildman–Crippen MR) is 85.2 cm³/mol. The van der Waals surface area contributed by atoms with Crippen molar-refractivity contribution in [3.8, 4) is 0 Å². The molecular formula is C16H16ClNO5. The average molecular weight is 338 g/mol. The van der Waals surface area contributed by atoms with E-state index in [1.165, 1.54) is 13.2 Å². The quantitative estimate of drug-likeness (QED) is 0.581. The highest BCUT2D eigenvalue weighted by molar-refractivity contribution is 6.41. The van der Waals surface area contributed by atoms with E-state index < -0.39 is 23.6 Å². The standard InChI is InChI=1S/C16H16ClNO5/c1-16(2,3)23-15(21)18-12-7-9(17)5-6-10(12)11(14(18)20)8-13(19)22-4/h5-8H,1-4H3/b11-8+. The zero-order valence-electron chi connectivity index (χ0n) is 13.2. The summed E-state index contributed by atoms with van der Waals surface area (Å²) in [5, 5.41) is 0.351. The molecule has 2 amide bonds. The normalized spacial score (nSPS) is 15.6. The monoisotopic (exact) mass is 337 g/mol. The molecule has 122 valence electrons. The van der Waals surface area contributed by atoms with Crippen LogP contribution in [-0.4, -0.2) is 30.7 Å². The van der Waals surface area contributed by atoms with E-state index in [1.54, 1.807) is 32.9 Å². The number of fused-ring (bicyclic) bond motifs is 1. The van der Waals surface area contributed by atoms with Crippen LogP contribution in [0, 0.1) is 0 Å². The molecule has 7 heteroatoms. The topological polar surface area (TPSA) is 72.9 Å². The Morgan fingerprint density at radius 1 is 1.26 bits per heavy atom. The van der Waals surface area contributed by atoms with E-state index in [4.69, 9.17) is 16.3 Å². The summed E-state index contributed by atoms with van der Waals surface area (Å²) >= 11 is 5.95. The van der Waals surface area contributed by atoms with Gasteiger partial charge in [-0.25, -0.2) is 14.5 Å². The van der Waals surface area contributed by atoms with E-state index >= 15 is 0 Å². The van der Waals surface area contributed by atoms with Gasteiger partial charge in [0.15, 0.2) is 0 Å². The summed E-state index contributed by atoms with van der Waals surface area (Å²) < 4.78 is 9.80. The number of benzene rings is 1. The Bertz CT molecular complexity index is 718. The van der Waals surface area contributed by atoms with E-state index in [-0.39, 0.29) is 11.3 Å². The Labute approximate surface area is 138 Å². The minimum atomic E-state index is -0.834. The third-order valence-electron chi connectivity index (χ3n) is 2.96. The van der Waals surface area contributed by atoms with Gasteiger partial charge in [0.25, 0.3) is 5.91 Å². The number of anilines is 1. The summed E-state index contributed by atoms with van der Waals surface area (Å²) in [7, 11) is 1.20. The second-order valence-electron chi connectivity index (χ2n) is 5.86. The number of nitrogens with zero attached hydrogens (tertiary/aromatic N) is 1. The Morgan fingerprint density at radius 3 is 2.48 bits per heavy atom. The van der Waals surface area contributed by atoms with Gasteiger partial charge in [0.1, 0.15) is 5.60 Å². The highest BCUT2D eigenvalue weighted by Gasteiger charge is 2.39. The van der Waals surface area contributed by atoms with Crippen LogP contribution in [0.25, 0.3) is 5.57 Å². The molecule has 0 bridgehead atoms. The molecule has 23 heavy (non-hydrogen) atoms. The van der Waals surface area contributed by atoms with Gasteiger partial charge in [-0.05, 0) is 32.9 Å². The maximum atomic E-state index is 12.6.